The van der Waals surface area contributed by atoms with Gasteiger partial charge in [0.25, 0.3) is 0 Å². The van der Waals surface area contributed by atoms with Gasteiger partial charge in [-0.3, -0.25) is 4.79 Å². The highest BCUT2D eigenvalue weighted by atomic mass is 16.4. The smallest absolute Gasteiger partial charge is 0.319 e. The first-order valence-corrected chi connectivity index (χ1v) is 6.23. The lowest BCUT2D eigenvalue weighted by Gasteiger charge is -2.07. The molecule has 3 N–H and O–H groups in total. The molecule has 2 rings (SSSR count). The normalized spacial score (nSPS) is 10.1. The molecular formula is C13H15N5O3. The number of carboxylic acids is 1. The minimum absolute atomic E-state index is 0.0430. The first kappa shape index (κ1) is 14.5. The van der Waals surface area contributed by atoms with E-state index in [9.17, 15) is 9.59 Å². The fraction of sp³-hybridized carbons (Fsp3) is 0.231. The summed E-state index contributed by atoms with van der Waals surface area (Å²) >= 11 is 0. The molecule has 8 nitrogen and oxygen atoms in total. The van der Waals surface area contributed by atoms with Crippen molar-refractivity contribution < 1.29 is 14.7 Å². The van der Waals surface area contributed by atoms with Crippen molar-refractivity contribution in [3.05, 3.63) is 42.0 Å². The van der Waals surface area contributed by atoms with Crippen molar-refractivity contribution >= 4 is 17.7 Å². The van der Waals surface area contributed by atoms with Gasteiger partial charge in [-0.25, -0.2) is 4.79 Å². The molecule has 21 heavy (non-hydrogen) atoms. The molecule has 0 aliphatic carbocycles. The third-order valence-corrected chi connectivity index (χ3v) is 2.78. The summed E-state index contributed by atoms with van der Waals surface area (Å²) in [5.41, 5.74) is 1.26. The maximum atomic E-state index is 11.7. The zero-order chi connectivity index (χ0) is 15.2. The molecule has 0 aliphatic heterocycles. The van der Waals surface area contributed by atoms with E-state index >= 15 is 0 Å². The van der Waals surface area contributed by atoms with Gasteiger partial charge in [-0.05, 0) is 17.7 Å². The summed E-state index contributed by atoms with van der Waals surface area (Å²) in [5.74, 6) is -0.251. The van der Waals surface area contributed by atoms with Crippen molar-refractivity contribution in [2.45, 2.75) is 13.0 Å². The minimum atomic E-state index is -0.892. The second kappa shape index (κ2) is 6.51. The second-order valence-electron chi connectivity index (χ2n) is 4.43. The average Bonchev–Trinajstić information content (AvgIpc) is 2.84. The van der Waals surface area contributed by atoms with Crippen LogP contribution >= 0.6 is 0 Å². The van der Waals surface area contributed by atoms with Crippen LogP contribution in [0, 0.1) is 0 Å². The number of nitrogens with zero attached hydrogens (tertiary/aromatic N) is 3. The molecule has 0 radical (unpaired) electrons. The highest BCUT2D eigenvalue weighted by Crippen LogP contribution is 2.10. The van der Waals surface area contributed by atoms with Crippen LogP contribution in [0.3, 0.4) is 0 Å². The van der Waals surface area contributed by atoms with Crippen LogP contribution in [0.1, 0.15) is 11.4 Å². The van der Waals surface area contributed by atoms with Crippen LogP contribution in [0.15, 0.2) is 30.6 Å². The first-order valence-electron chi connectivity index (χ1n) is 6.23. The Bertz CT molecular complexity index is 636. The average molecular weight is 289 g/mol. The quantitative estimate of drug-likeness (QED) is 0.753. The van der Waals surface area contributed by atoms with E-state index in [0.717, 1.165) is 0 Å². The van der Waals surface area contributed by atoms with Crippen LogP contribution in [-0.4, -0.2) is 31.9 Å². The number of urea groups is 1. The molecule has 2 aromatic rings. The van der Waals surface area contributed by atoms with Gasteiger partial charge >= 0.3 is 12.0 Å². The van der Waals surface area contributed by atoms with Gasteiger partial charge in [0.05, 0.1) is 13.0 Å². The summed E-state index contributed by atoms with van der Waals surface area (Å²) in [4.78, 5) is 22.3. The van der Waals surface area contributed by atoms with Gasteiger partial charge in [0.2, 0.25) is 0 Å². The van der Waals surface area contributed by atoms with E-state index in [2.05, 4.69) is 20.8 Å². The standard InChI is InChI=1S/C13H15N5O3/c1-18-8-15-17-11(18)7-14-13(21)16-10-4-2-9(3-5-10)6-12(19)20/h2-5,8H,6-7H2,1H3,(H,19,20)(H2,14,16,21). The highest BCUT2D eigenvalue weighted by Gasteiger charge is 2.05. The molecule has 0 bridgehead atoms. The van der Waals surface area contributed by atoms with E-state index in [4.69, 9.17) is 5.11 Å². The Hall–Kier alpha value is -2.90. The molecule has 110 valence electrons. The predicted octanol–water partition coefficient (Wildman–Crippen LogP) is 0.764. The number of nitrogens with one attached hydrogen (secondary N) is 2. The molecule has 1 heterocycles. The lowest BCUT2D eigenvalue weighted by atomic mass is 10.1. The van der Waals surface area contributed by atoms with E-state index in [-0.39, 0.29) is 19.0 Å². The van der Waals surface area contributed by atoms with Crippen molar-refractivity contribution in [1.29, 1.82) is 0 Å². The van der Waals surface area contributed by atoms with Crippen LogP contribution in [0.4, 0.5) is 10.5 Å². The van der Waals surface area contributed by atoms with Gasteiger partial charge in [-0.1, -0.05) is 12.1 Å². The minimum Gasteiger partial charge on any atom is -0.481 e. The van der Waals surface area contributed by atoms with Gasteiger partial charge in [-0.15, -0.1) is 10.2 Å². The van der Waals surface area contributed by atoms with Gasteiger partial charge in [0, 0.05) is 12.7 Å². The number of aliphatic carboxylic acids is 1. The van der Waals surface area contributed by atoms with E-state index in [1.54, 1.807) is 42.2 Å². The predicted molar refractivity (Wildman–Crippen MR) is 74.6 cm³/mol. The summed E-state index contributed by atoms with van der Waals surface area (Å²) in [6, 6.07) is 6.25. The fourth-order valence-corrected chi connectivity index (χ4v) is 1.68. The molecule has 0 fully saturated rings. The Morgan fingerprint density at radius 1 is 1.29 bits per heavy atom. The molecule has 0 saturated heterocycles. The van der Waals surface area contributed by atoms with Gasteiger partial charge < -0.3 is 20.3 Å². The Labute approximate surface area is 120 Å². The van der Waals surface area contributed by atoms with Gasteiger partial charge in [0.15, 0.2) is 5.82 Å². The van der Waals surface area contributed by atoms with Crippen LogP contribution in [0.25, 0.3) is 0 Å². The third kappa shape index (κ3) is 4.30. The van der Waals surface area contributed by atoms with Crippen LogP contribution in [-0.2, 0) is 24.8 Å². The number of rotatable bonds is 5. The number of amides is 2. The molecular weight excluding hydrogens is 274 g/mol. The van der Waals surface area contributed by atoms with Crippen molar-refractivity contribution in [1.82, 2.24) is 20.1 Å². The SMILES string of the molecule is Cn1cnnc1CNC(=O)Nc1ccc(CC(=O)O)cc1. The largest absolute Gasteiger partial charge is 0.481 e. The number of anilines is 1. The number of carboxylic acid groups (broad SMARTS) is 1. The van der Waals surface area contributed by atoms with Crippen LogP contribution in [0.5, 0.6) is 0 Å². The summed E-state index contributed by atoms with van der Waals surface area (Å²) < 4.78 is 1.71. The lowest BCUT2D eigenvalue weighted by Crippen LogP contribution is -2.29. The molecule has 8 heteroatoms. The number of benzene rings is 1. The van der Waals surface area contributed by atoms with Crippen molar-refractivity contribution in [2.24, 2.45) is 7.05 Å². The fourth-order valence-electron chi connectivity index (χ4n) is 1.68. The number of carbonyl (C=O) groups is 2. The first-order chi connectivity index (χ1) is 10.0. The second-order valence-corrected chi connectivity index (χ2v) is 4.43. The van der Waals surface area contributed by atoms with Crippen molar-refractivity contribution in [3.63, 3.8) is 0 Å². The maximum Gasteiger partial charge on any atom is 0.319 e. The zero-order valence-corrected chi connectivity index (χ0v) is 11.4. The zero-order valence-electron chi connectivity index (χ0n) is 11.4. The number of aryl methyl sites for hydroxylation is 1. The van der Waals surface area contributed by atoms with E-state index in [0.29, 0.717) is 17.1 Å². The van der Waals surface area contributed by atoms with Crippen molar-refractivity contribution in [3.8, 4) is 0 Å². The van der Waals surface area contributed by atoms with Crippen LogP contribution < -0.4 is 10.6 Å². The lowest BCUT2D eigenvalue weighted by molar-refractivity contribution is -0.136. The highest BCUT2D eigenvalue weighted by molar-refractivity contribution is 5.89. The Morgan fingerprint density at radius 2 is 2.00 bits per heavy atom. The number of carbonyl (C=O) groups excluding carboxylic acids is 1. The van der Waals surface area contributed by atoms with E-state index in [1.807, 2.05) is 0 Å². The Morgan fingerprint density at radius 3 is 2.57 bits per heavy atom. The van der Waals surface area contributed by atoms with Gasteiger partial charge in [0.1, 0.15) is 6.33 Å². The number of hydrogen-bond donors (Lipinski definition) is 3. The molecule has 2 amide bonds. The summed E-state index contributed by atoms with van der Waals surface area (Å²) in [7, 11) is 1.79. The molecule has 0 unspecified atom stereocenters. The Balaban J connectivity index is 1.85. The summed E-state index contributed by atoms with van der Waals surface area (Å²) in [6.07, 6.45) is 1.51. The van der Waals surface area contributed by atoms with Gasteiger partial charge in [-0.2, -0.15) is 0 Å². The molecule has 0 spiro atoms. The van der Waals surface area contributed by atoms with Crippen LogP contribution in [0.2, 0.25) is 0 Å². The molecule has 1 aromatic heterocycles. The number of aromatic nitrogens is 3. The monoisotopic (exact) mass is 289 g/mol. The summed E-state index contributed by atoms with van der Waals surface area (Å²) in [6.45, 7) is 0.263. The maximum absolute atomic E-state index is 11.7. The molecule has 0 saturated carbocycles. The van der Waals surface area contributed by atoms with E-state index < -0.39 is 5.97 Å². The van der Waals surface area contributed by atoms with E-state index in [1.165, 1.54) is 0 Å². The number of hydrogen-bond acceptors (Lipinski definition) is 4. The molecule has 1 aromatic carbocycles. The Kier molecular flexibility index (Phi) is 4.50. The topological polar surface area (TPSA) is 109 Å². The summed E-state index contributed by atoms with van der Waals surface area (Å²) in [5, 5.41) is 21.5. The molecule has 0 aliphatic rings. The third-order valence-electron chi connectivity index (χ3n) is 2.78. The van der Waals surface area contributed by atoms with Crippen molar-refractivity contribution in [2.75, 3.05) is 5.32 Å². The molecule has 0 atom stereocenters.